The van der Waals surface area contributed by atoms with Crippen molar-refractivity contribution in [3.8, 4) is 17.2 Å². The number of sulfone groups is 1. The highest BCUT2D eigenvalue weighted by Gasteiger charge is 2.33. The molecule has 2 aromatic carbocycles. The fraction of sp³-hybridized carbons (Fsp3) is 0.348. The molecule has 9 heteroatoms. The van der Waals surface area contributed by atoms with Gasteiger partial charge < -0.3 is 19.1 Å². The summed E-state index contributed by atoms with van der Waals surface area (Å²) in [7, 11) is 1.11. The molecule has 1 aliphatic heterocycles. The number of hydrogen-bond acceptors (Lipinski definition) is 6. The summed E-state index contributed by atoms with van der Waals surface area (Å²) >= 11 is 6.24. The minimum absolute atomic E-state index is 0.118. The molecule has 0 aliphatic carbocycles. The number of ether oxygens (including phenoxy) is 3. The van der Waals surface area contributed by atoms with Crippen molar-refractivity contribution in [2.75, 3.05) is 40.2 Å². The number of rotatable bonds is 6. The molecule has 0 bridgehead atoms. The van der Waals surface area contributed by atoms with Gasteiger partial charge in [-0.3, -0.25) is 4.79 Å². The summed E-state index contributed by atoms with van der Waals surface area (Å²) in [4.78, 5) is 14.4. The molecule has 7 nitrogen and oxygen atoms in total. The van der Waals surface area contributed by atoms with Crippen LogP contribution in [0.4, 0.5) is 0 Å². The largest absolute Gasteiger partial charge is 0.493 e. The summed E-state index contributed by atoms with van der Waals surface area (Å²) < 4.78 is 41.7. The van der Waals surface area contributed by atoms with Crippen LogP contribution in [-0.2, 0) is 14.6 Å². The molecule has 3 rings (SSSR count). The van der Waals surface area contributed by atoms with E-state index in [4.69, 9.17) is 25.8 Å². The summed E-state index contributed by atoms with van der Waals surface area (Å²) in [5.74, 6) is 1.02. The Labute approximate surface area is 193 Å². The van der Waals surface area contributed by atoms with Gasteiger partial charge in [-0.05, 0) is 41.8 Å². The molecular weight excluding hydrogens is 454 g/mol. The van der Waals surface area contributed by atoms with Crippen LogP contribution in [0.2, 0.25) is 5.02 Å². The fourth-order valence-electron chi connectivity index (χ4n) is 3.72. The van der Waals surface area contributed by atoms with Crippen LogP contribution in [0.15, 0.2) is 42.5 Å². The second kappa shape index (κ2) is 10.3. The normalized spacial score (nSPS) is 18.2. The molecule has 1 unspecified atom stereocenters. The van der Waals surface area contributed by atoms with Crippen molar-refractivity contribution >= 4 is 33.4 Å². The molecule has 1 aliphatic rings. The number of nitrogens with zero attached hydrogens (tertiary/aromatic N) is 1. The van der Waals surface area contributed by atoms with Crippen molar-refractivity contribution in [1.29, 1.82) is 0 Å². The predicted molar refractivity (Wildman–Crippen MR) is 124 cm³/mol. The lowest BCUT2D eigenvalue weighted by Crippen LogP contribution is -2.32. The first kappa shape index (κ1) is 23.9. The quantitative estimate of drug-likeness (QED) is 0.586. The zero-order valence-electron chi connectivity index (χ0n) is 18.2. The number of halogens is 1. The molecule has 0 saturated carbocycles. The van der Waals surface area contributed by atoms with Crippen molar-refractivity contribution in [3.63, 3.8) is 0 Å². The SMILES string of the molecule is COc1cc(/C=C/C(=O)N2CCC(c3ccccc3Cl)S(=O)(=O)CC2)cc(OC)c1OC. The monoisotopic (exact) mass is 479 g/mol. The highest BCUT2D eigenvalue weighted by molar-refractivity contribution is 7.91. The summed E-state index contributed by atoms with van der Waals surface area (Å²) in [6.07, 6.45) is 3.34. The van der Waals surface area contributed by atoms with E-state index in [1.54, 1.807) is 47.4 Å². The van der Waals surface area contributed by atoms with E-state index in [1.807, 2.05) is 0 Å². The molecule has 172 valence electrons. The Morgan fingerprint density at radius 1 is 1.06 bits per heavy atom. The van der Waals surface area contributed by atoms with E-state index in [1.165, 1.54) is 27.4 Å². The van der Waals surface area contributed by atoms with Crippen molar-refractivity contribution in [1.82, 2.24) is 4.90 Å². The maximum Gasteiger partial charge on any atom is 0.246 e. The molecule has 32 heavy (non-hydrogen) atoms. The van der Waals surface area contributed by atoms with Crippen LogP contribution in [0.1, 0.15) is 22.8 Å². The van der Waals surface area contributed by atoms with Gasteiger partial charge in [-0.15, -0.1) is 0 Å². The van der Waals surface area contributed by atoms with Gasteiger partial charge in [-0.1, -0.05) is 29.8 Å². The van der Waals surface area contributed by atoms with Gasteiger partial charge in [0.05, 0.1) is 32.3 Å². The second-order valence-electron chi connectivity index (χ2n) is 7.28. The Morgan fingerprint density at radius 2 is 1.72 bits per heavy atom. The summed E-state index contributed by atoms with van der Waals surface area (Å²) in [5, 5.41) is -0.309. The Hall–Kier alpha value is -2.71. The van der Waals surface area contributed by atoms with Crippen molar-refractivity contribution in [3.05, 3.63) is 58.6 Å². The minimum Gasteiger partial charge on any atom is -0.493 e. The third-order valence-electron chi connectivity index (χ3n) is 5.41. The van der Waals surface area contributed by atoms with Crippen molar-refractivity contribution < 1.29 is 27.4 Å². The van der Waals surface area contributed by atoms with Crippen molar-refractivity contribution in [2.45, 2.75) is 11.7 Å². The van der Waals surface area contributed by atoms with Gasteiger partial charge in [0, 0.05) is 24.2 Å². The smallest absolute Gasteiger partial charge is 0.246 e. The van der Waals surface area contributed by atoms with Crippen LogP contribution >= 0.6 is 11.6 Å². The average Bonchev–Trinajstić information content (AvgIpc) is 2.94. The number of carbonyl (C=O) groups excluding carboxylic acids is 1. The Bertz CT molecular complexity index is 1090. The molecular formula is C23H26ClNO6S. The highest BCUT2D eigenvalue weighted by atomic mass is 35.5. The molecule has 1 fully saturated rings. The number of hydrogen-bond donors (Lipinski definition) is 0. The third-order valence-corrected chi connectivity index (χ3v) is 7.86. The molecule has 1 heterocycles. The number of carbonyl (C=O) groups is 1. The second-order valence-corrected chi connectivity index (χ2v) is 9.99. The maximum atomic E-state index is 12.8. The predicted octanol–water partition coefficient (Wildman–Crippen LogP) is 3.77. The van der Waals surface area contributed by atoms with E-state index in [9.17, 15) is 13.2 Å². The van der Waals surface area contributed by atoms with E-state index in [2.05, 4.69) is 0 Å². The summed E-state index contributed by atoms with van der Waals surface area (Å²) in [6, 6.07) is 10.4. The lowest BCUT2D eigenvalue weighted by Gasteiger charge is -2.18. The zero-order valence-corrected chi connectivity index (χ0v) is 19.8. The average molecular weight is 480 g/mol. The number of methoxy groups -OCH3 is 3. The topological polar surface area (TPSA) is 82.1 Å². The molecule has 0 aromatic heterocycles. The van der Waals surface area contributed by atoms with Crippen LogP contribution < -0.4 is 14.2 Å². The zero-order chi connectivity index (χ0) is 23.3. The lowest BCUT2D eigenvalue weighted by molar-refractivity contribution is -0.125. The molecule has 0 N–H and O–H groups in total. The van der Waals surface area contributed by atoms with E-state index in [-0.39, 0.29) is 24.6 Å². The van der Waals surface area contributed by atoms with Crippen LogP contribution in [0.3, 0.4) is 0 Å². The van der Waals surface area contributed by atoms with E-state index in [0.717, 1.165) is 0 Å². The van der Waals surface area contributed by atoms with Gasteiger partial charge in [0.15, 0.2) is 21.3 Å². The van der Waals surface area contributed by atoms with Gasteiger partial charge >= 0.3 is 0 Å². The van der Waals surface area contributed by atoms with Crippen LogP contribution in [0.5, 0.6) is 17.2 Å². The van der Waals surface area contributed by atoms with Gasteiger partial charge in [-0.25, -0.2) is 8.42 Å². The van der Waals surface area contributed by atoms with Gasteiger partial charge in [0.1, 0.15) is 0 Å². The first-order valence-electron chi connectivity index (χ1n) is 10.0. The van der Waals surface area contributed by atoms with Gasteiger partial charge in [-0.2, -0.15) is 0 Å². The first-order valence-corrected chi connectivity index (χ1v) is 12.1. The van der Waals surface area contributed by atoms with E-state index in [0.29, 0.717) is 39.9 Å². The Balaban J connectivity index is 1.78. The van der Waals surface area contributed by atoms with Crippen LogP contribution in [0, 0.1) is 0 Å². The standard InChI is InChI=1S/C23H26ClNO6S/c1-29-19-14-16(15-20(30-2)23(19)31-3)8-9-22(26)25-11-10-21(32(27,28)13-12-25)17-6-4-5-7-18(17)24/h4-9,14-15,21H,10-13H2,1-3H3/b9-8+. The van der Waals surface area contributed by atoms with Gasteiger partial charge in [0.2, 0.25) is 11.7 Å². The molecule has 2 aromatic rings. The number of benzene rings is 2. The van der Waals surface area contributed by atoms with Crippen LogP contribution in [-0.4, -0.2) is 59.4 Å². The Morgan fingerprint density at radius 3 is 2.31 bits per heavy atom. The molecule has 0 radical (unpaired) electrons. The lowest BCUT2D eigenvalue weighted by atomic mass is 10.1. The third kappa shape index (κ3) is 5.19. The maximum absolute atomic E-state index is 12.8. The summed E-state index contributed by atoms with van der Waals surface area (Å²) in [6.45, 7) is 0.440. The fourth-order valence-corrected chi connectivity index (χ4v) is 5.87. The molecule has 1 atom stereocenters. The van der Waals surface area contributed by atoms with Crippen LogP contribution in [0.25, 0.3) is 6.08 Å². The first-order chi connectivity index (χ1) is 15.3. The van der Waals surface area contributed by atoms with Crippen molar-refractivity contribution in [2.24, 2.45) is 0 Å². The summed E-state index contributed by atoms with van der Waals surface area (Å²) in [5.41, 5.74) is 1.26. The highest BCUT2D eigenvalue weighted by Crippen LogP contribution is 2.38. The van der Waals surface area contributed by atoms with Gasteiger partial charge in [0.25, 0.3) is 0 Å². The molecule has 1 amide bonds. The molecule has 0 spiro atoms. The van der Waals surface area contributed by atoms with E-state index >= 15 is 0 Å². The molecule has 1 saturated heterocycles. The Kier molecular flexibility index (Phi) is 7.69. The minimum atomic E-state index is -3.44. The number of amides is 1. The van der Waals surface area contributed by atoms with E-state index < -0.39 is 15.1 Å².